The Morgan fingerprint density at radius 1 is 1.30 bits per heavy atom. The summed E-state index contributed by atoms with van der Waals surface area (Å²) >= 11 is 0. The topological polar surface area (TPSA) is 81.0 Å². The van der Waals surface area contributed by atoms with Gasteiger partial charge in [-0.3, -0.25) is 0 Å². The van der Waals surface area contributed by atoms with Crippen LogP contribution < -0.4 is 0 Å². The first kappa shape index (κ1) is 15.3. The summed E-state index contributed by atoms with van der Waals surface area (Å²) in [5, 5.41) is 4.85. The Labute approximate surface area is 133 Å². The smallest absolute Gasteiger partial charge is 0.355 e. The molecular weight excluding hydrogens is 294 g/mol. The molecule has 0 spiro atoms. The zero-order valence-corrected chi connectivity index (χ0v) is 13.6. The van der Waals surface area contributed by atoms with Crippen LogP contribution in [0.25, 0.3) is 10.9 Å². The molecule has 0 amide bonds. The van der Waals surface area contributed by atoms with E-state index in [0.29, 0.717) is 17.4 Å². The van der Waals surface area contributed by atoms with E-state index in [4.69, 9.17) is 9.26 Å². The van der Waals surface area contributed by atoms with Gasteiger partial charge in [-0.25, -0.2) is 4.79 Å². The number of aromatic amines is 1. The van der Waals surface area contributed by atoms with Crippen molar-refractivity contribution in [3.05, 3.63) is 46.7 Å². The normalized spacial score (nSPS) is 11.3. The zero-order chi connectivity index (χ0) is 16.6. The number of aryl methyl sites for hydroxylation is 2. The van der Waals surface area contributed by atoms with Gasteiger partial charge in [0, 0.05) is 16.8 Å². The number of nitrogens with one attached hydrogen (secondary N) is 1. The number of carbonyl (C=O) groups is 1. The number of esters is 1. The van der Waals surface area contributed by atoms with Crippen LogP contribution in [0, 0.1) is 13.8 Å². The monoisotopic (exact) mass is 313 g/mol. The Balaban J connectivity index is 1.74. The second-order valence-corrected chi connectivity index (χ2v) is 6.00. The molecule has 6 heteroatoms. The highest BCUT2D eigenvalue weighted by Gasteiger charge is 2.15. The molecule has 2 heterocycles. The molecule has 0 atom stereocenters. The van der Waals surface area contributed by atoms with E-state index in [2.05, 4.69) is 21.2 Å². The van der Waals surface area contributed by atoms with E-state index in [1.54, 1.807) is 6.07 Å². The fourth-order valence-corrected chi connectivity index (χ4v) is 2.48. The summed E-state index contributed by atoms with van der Waals surface area (Å²) in [5.74, 6) is 0.628. The maximum Gasteiger partial charge on any atom is 0.355 e. The molecule has 0 radical (unpaired) electrons. The van der Waals surface area contributed by atoms with E-state index in [-0.39, 0.29) is 12.5 Å². The summed E-state index contributed by atoms with van der Waals surface area (Å²) in [6.07, 6.45) is 0. The van der Waals surface area contributed by atoms with Gasteiger partial charge in [0.1, 0.15) is 5.69 Å². The summed E-state index contributed by atoms with van der Waals surface area (Å²) in [7, 11) is 0. The second kappa shape index (κ2) is 5.87. The van der Waals surface area contributed by atoms with Crippen LogP contribution in [0.15, 0.2) is 22.7 Å². The maximum atomic E-state index is 12.2. The molecule has 1 aromatic carbocycles. The molecule has 0 bridgehead atoms. The third-order valence-corrected chi connectivity index (χ3v) is 3.64. The van der Waals surface area contributed by atoms with E-state index in [1.165, 1.54) is 0 Å². The number of rotatable bonds is 4. The van der Waals surface area contributed by atoms with Crippen LogP contribution in [0.5, 0.6) is 0 Å². The van der Waals surface area contributed by atoms with Crippen molar-refractivity contribution in [2.45, 2.75) is 40.2 Å². The van der Waals surface area contributed by atoms with Crippen molar-refractivity contribution in [1.29, 1.82) is 0 Å². The van der Waals surface area contributed by atoms with Gasteiger partial charge >= 0.3 is 5.97 Å². The first-order valence-electron chi connectivity index (χ1n) is 7.53. The molecule has 1 N–H and O–H groups in total. The van der Waals surface area contributed by atoms with Gasteiger partial charge in [-0.05, 0) is 37.1 Å². The largest absolute Gasteiger partial charge is 0.451 e. The summed E-state index contributed by atoms with van der Waals surface area (Å²) in [6.45, 7) is 7.94. The number of aromatic nitrogens is 3. The molecule has 3 rings (SSSR count). The number of H-pyrrole nitrogens is 1. The van der Waals surface area contributed by atoms with Crippen LogP contribution in [-0.4, -0.2) is 21.1 Å². The number of ether oxygens (including phenoxy) is 1. The molecule has 0 unspecified atom stereocenters. The lowest BCUT2D eigenvalue weighted by Crippen LogP contribution is -2.05. The molecule has 0 saturated carbocycles. The minimum Gasteiger partial charge on any atom is -0.451 e. The predicted molar refractivity (Wildman–Crippen MR) is 85.3 cm³/mol. The number of carbonyl (C=O) groups excluding carboxylic acids is 1. The Kier molecular flexibility index (Phi) is 3.90. The summed E-state index contributed by atoms with van der Waals surface area (Å²) in [4.78, 5) is 19.5. The fourth-order valence-electron chi connectivity index (χ4n) is 2.48. The molecule has 23 heavy (non-hydrogen) atoms. The molecule has 6 nitrogen and oxygen atoms in total. The van der Waals surface area contributed by atoms with Gasteiger partial charge in [-0.2, -0.15) is 4.98 Å². The van der Waals surface area contributed by atoms with Crippen molar-refractivity contribution < 1.29 is 14.1 Å². The van der Waals surface area contributed by atoms with Crippen LogP contribution in [0.4, 0.5) is 0 Å². The lowest BCUT2D eigenvalue weighted by molar-refractivity contribution is 0.0424. The van der Waals surface area contributed by atoms with Gasteiger partial charge in [0.15, 0.2) is 12.4 Å². The minimum absolute atomic E-state index is 0.0358. The Morgan fingerprint density at radius 2 is 2.09 bits per heavy atom. The van der Waals surface area contributed by atoms with Crippen LogP contribution in [-0.2, 0) is 11.3 Å². The van der Waals surface area contributed by atoms with Crippen molar-refractivity contribution in [1.82, 2.24) is 15.1 Å². The molecule has 3 aromatic rings. The zero-order valence-electron chi connectivity index (χ0n) is 13.6. The first-order valence-corrected chi connectivity index (χ1v) is 7.53. The first-order chi connectivity index (χ1) is 10.9. The van der Waals surface area contributed by atoms with E-state index in [1.807, 2.05) is 33.8 Å². The lowest BCUT2D eigenvalue weighted by atomic mass is 10.1. The molecule has 0 aliphatic rings. The molecule has 0 saturated heterocycles. The number of hydrogen-bond acceptors (Lipinski definition) is 5. The lowest BCUT2D eigenvalue weighted by Gasteiger charge is -1.99. The maximum absolute atomic E-state index is 12.2. The quantitative estimate of drug-likeness (QED) is 0.744. The summed E-state index contributed by atoms with van der Waals surface area (Å²) < 4.78 is 10.3. The van der Waals surface area contributed by atoms with E-state index in [0.717, 1.165) is 22.0 Å². The van der Waals surface area contributed by atoms with E-state index >= 15 is 0 Å². The van der Waals surface area contributed by atoms with Crippen LogP contribution in [0.1, 0.15) is 53.1 Å². The number of nitrogens with zero attached hydrogens (tertiary/aromatic N) is 2. The Hall–Kier alpha value is -2.63. The van der Waals surface area contributed by atoms with Gasteiger partial charge in [0.25, 0.3) is 5.89 Å². The minimum atomic E-state index is -0.442. The number of fused-ring (bicyclic) bond motifs is 1. The Morgan fingerprint density at radius 3 is 2.78 bits per heavy atom. The summed E-state index contributed by atoms with van der Waals surface area (Å²) in [5.41, 5.74) is 3.60. The highest BCUT2D eigenvalue weighted by molar-refractivity contribution is 5.96. The van der Waals surface area contributed by atoms with Gasteiger partial charge < -0.3 is 14.2 Å². The van der Waals surface area contributed by atoms with Crippen molar-refractivity contribution in [3.8, 4) is 0 Å². The standard InChI is InChI=1S/C17H19N3O3/c1-9(2)16-19-15(23-20-16)8-22-17(21)14-7-12-11(4)5-10(3)6-13(12)18-14/h5-7,9,18H,8H2,1-4H3. The molecular formula is C17H19N3O3. The molecule has 2 aromatic heterocycles. The SMILES string of the molecule is Cc1cc(C)c2cc(C(=O)OCc3nc(C(C)C)no3)[nH]c2c1. The molecule has 120 valence electrons. The van der Waals surface area contributed by atoms with Crippen molar-refractivity contribution in [2.75, 3.05) is 0 Å². The van der Waals surface area contributed by atoms with Crippen molar-refractivity contribution >= 4 is 16.9 Å². The van der Waals surface area contributed by atoms with Gasteiger partial charge in [0.2, 0.25) is 0 Å². The van der Waals surface area contributed by atoms with E-state index < -0.39 is 5.97 Å². The van der Waals surface area contributed by atoms with Gasteiger partial charge in [-0.1, -0.05) is 25.1 Å². The fraction of sp³-hybridized carbons (Fsp3) is 0.353. The third-order valence-electron chi connectivity index (χ3n) is 3.64. The summed E-state index contributed by atoms with van der Waals surface area (Å²) in [6, 6.07) is 5.89. The van der Waals surface area contributed by atoms with Crippen molar-refractivity contribution in [3.63, 3.8) is 0 Å². The van der Waals surface area contributed by atoms with Gasteiger partial charge in [-0.15, -0.1) is 0 Å². The predicted octanol–water partition coefficient (Wildman–Crippen LogP) is 3.65. The molecule has 0 aliphatic carbocycles. The highest BCUT2D eigenvalue weighted by Crippen LogP contribution is 2.22. The highest BCUT2D eigenvalue weighted by atomic mass is 16.6. The van der Waals surface area contributed by atoms with Crippen LogP contribution in [0.3, 0.4) is 0 Å². The van der Waals surface area contributed by atoms with Gasteiger partial charge in [0.05, 0.1) is 0 Å². The van der Waals surface area contributed by atoms with Crippen LogP contribution >= 0.6 is 0 Å². The number of hydrogen-bond donors (Lipinski definition) is 1. The van der Waals surface area contributed by atoms with Crippen molar-refractivity contribution in [2.24, 2.45) is 0 Å². The number of benzene rings is 1. The van der Waals surface area contributed by atoms with Crippen LogP contribution in [0.2, 0.25) is 0 Å². The third kappa shape index (κ3) is 3.11. The van der Waals surface area contributed by atoms with E-state index in [9.17, 15) is 4.79 Å². The average Bonchev–Trinajstić information content (AvgIpc) is 3.11. The molecule has 0 fully saturated rings. The average molecular weight is 313 g/mol. The second-order valence-electron chi connectivity index (χ2n) is 6.00. The molecule has 0 aliphatic heterocycles. The Bertz CT molecular complexity index is 861.